The van der Waals surface area contributed by atoms with Crippen molar-refractivity contribution in [3.8, 4) is 0 Å². The molecule has 0 spiro atoms. The Balaban J connectivity index is 5.09. The first-order valence-electron chi connectivity index (χ1n) is 35.1. The first kappa shape index (κ1) is 79.7. The van der Waals surface area contributed by atoms with E-state index < -0.39 is 20.0 Å². The standard InChI is InChI=1S/C72H135N2O7P/c1-7-10-13-16-19-22-25-28-30-32-34-35-36-37-38-39-41-42-44-46-49-52-55-58-61-64-71(75)73-69(68-80-82(77,78)79-67-66-74(4,5)6)70(63-60-57-54-51-48-27-24-21-18-15-12-9-3)81-72(76)65-62-59-56-53-50-47-45-43-40-33-31-29-26-23-20-17-14-11-8-2/h19,22,28,30,34-35,37-38,60,63,69-70H,7-18,20-21,23-27,29,31-33,36,39-59,61-62,64-68H2,1-6H3,(H-,73,75,77,78)/p+1/b22-19-,30-28-,35-34-,38-37-,63-60-. The van der Waals surface area contributed by atoms with Crippen molar-refractivity contribution in [3.63, 3.8) is 0 Å². The minimum Gasteiger partial charge on any atom is -0.456 e. The molecule has 0 rings (SSSR count). The number of quaternary nitrogens is 1. The lowest BCUT2D eigenvalue weighted by atomic mass is 10.0. The first-order chi connectivity index (χ1) is 39.9. The Kier molecular flexibility index (Phi) is 60.1. The SMILES string of the molecule is CCCCC/C=C\C/C=C\C/C=C\C/C=C\CCCCCCCCCCCC(=O)NC(COP(=O)(O)OCC[N+](C)(C)C)C(/C=C\CCCCCCCCCCCC)OC(=O)CCCCCCCCCCCCCCCCCCCCC. The summed E-state index contributed by atoms with van der Waals surface area (Å²) in [6, 6.07) is -0.851. The highest BCUT2D eigenvalue weighted by atomic mass is 31.2. The van der Waals surface area contributed by atoms with E-state index in [4.69, 9.17) is 13.8 Å². The maximum absolute atomic E-state index is 13.6. The second-order valence-electron chi connectivity index (χ2n) is 25.1. The first-order valence-corrected chi connectivity index (χ1v) is 36.6. The van der Waals surface area contributed by atoms with Crippen LogP contribution in [0.3, 0.4) is 0 Å². The number of phosphoric ester groups is 1. The topological polar surface area (TPSA) is 111 Å². The average Bonchev–Trinajstić information content (AvgIpc) is 3.44. The Morgan fingerprint density at radius 3 is 1.13 bits per heavy atom. The van der Waals surface area contributed by atoms with Gasteiger partial charge < -0.3 is 19.4 Å². The molecule has 0 saturated carbocycles. The number of hydrogen-bond acceptors (Lipinski definition) is 6. The number of likely N-dealkylation sites (N-methyl/N-ethyl adjacent to an activating group) is 1. The smallest absolute Gasteiger partial charge is 0.456 e. The van der Waals surface area contributed by atoms with Gasteiger partial charge in [-0.15, -0.1) is 0 Å². The second kappa shape index (κ2) is 61.8. The van der Waals surface area contributed by atoms with E-state index in [-0.39, 0.29) is 25.1 Å². The van der Waals surface area contributed by atoms with Crippen LogP contribution < -0.4 is 5.32 Å². The summed E-state index contributed by atoms with van der Waals surface area (Å²) in [5, 5.41) is 3.07. The molecule has 0 aliphatic rings. The predicted octanol–water partition coefficient (Wildman–Crippen LogP) is 22.2. The number of carbonyl (C=O) groups is 2. The summed E-state index contributed by atoms with van der Waals surface area (Å²) < 4.78 is 30.8. The summed E-state index contributed by atoms with van der Waals surface area (Å²) in [7, 11) is 1.50. The number of amides is 1. The fraction of sp³-hybridized carbons (Fsp3) is 0.833. The van der Waals surface area contributed by atoms with Gasteiger partial charge in [0.1, 0.15) is 19.3 Å². The number of nitrogens with zero attached hydrogens (tertiary/aromatic N) is 1. The van der Waals surface area contributed by atoms with Crippen molar-refractivity contribution in [2.45, 2.75) is 348 Å². The molecule has 0 aliphatic carbocycles. The molecule has 82 heavy (non-hydrogen) atoms. The highest BCUT2D eigenvalue weighted by molar-refractivity contribution is 7.47. The number of ether oxygens (including phenoxy) is 1. The molecule has 0 aromatic carbocycles. The molecule has 0 heterocycles. The Bertz CT molecular complexity index is 1590. The molecular formula is C72H136N2O7P+. The van der Waals surface area contributed by atoms with Crippen LogP contribution in [0.25, 0.3) is 0 Å². The molecule has 3 unspecified atom stereocenters. The van der Waals surface area contributed by atoms with Gasteiger partial charge in [-0.05, 0) is 76.7 Å². The van der Waals surface area contributed by atoms with E-state index in [2.05, 4.69) is 74.7 Å². The second-order valence-corrected chi connectivity index (χ2v) is 26.5. The van der Waals surface area contributed by atoms with Gasteiger partial charge in [-0.3, -0.25) is 18.6 Å². The van der Waals surface area contributed by atoms with Crippen molar-refractivity contribution in [3.05, 3.63) is 60.8 Å². The molecule has 480 valence electrons. The molecule has 0 aromatic heterocycles. The summed E-state index contributed by atoms with van der Waals surface area (Å²) in [4.78, 5) is 37.9. The van der Waals surface area contributed by atoms with Crippen LogP contribution in [0.4, 0.5) is 0 Å². The van der Waals surface area contributed by atoms with Gasteiger partial charge in [0.25, 0.3) is 0 Å². The number of rotatable bonds is 64. The quantitative estimate of drug-likeness (QED) is 0.0205. The van der Waals surface area contributed by atoms with Crippen molar-refractivity contribution in [1.29, 1.82) is 0 Å². The third-order valence-electron chi connectivity index (χ3n) is 15.7. The maximum atomic E-state index is 13.6. The van der Waals surface area contributed by atoms with Crippen LogP contribution in [-0.4, -0.2) is 74.3 Å². The Labute approximate surface area is 509 Å². The molecular weight excluding hydrogens is 1040 g/mol. The molecule has 9 nitrogen and oxygen atoms in total. The Hall–Kier alpha value is -2.29. The summed E-state index contributed by atoms with van der Waals surface area (Å²) in [6.45, 7) is 7.02. The van der Waals surface area contributed by atoms with Crippen molar-refractivity contribution >= 4 is 19.7 Å². The van der Waals surface area contributed by atoms with Crippen LogP contribution >= 0.6 is 7.82 Å². The number of hydrogen-bond donors (Lipinski definition) is 2. The van der Waals surface area contributed by atoms with Crippen molar-refractivity contribution in [2.24, 2.45) is 0 Å². The molecule has 0 saturated heterocycles. The molecule has 2 N–H and O–H groups in total. The molecule has 0 fully saturated rings. The lowest BCUT2D eigenvalue weighted by Gasteiger charge is -2.27. The third kappa shape index (κ3) is 62.2. The molecule has 0 aromatic rings. The van der Waals surface area contributed by atoms with E-state index in [9.17, 15) is 19.0 Å². The number of nitrogens with one attached hydrogen (secondary N) is 1. The summed E-state index contributed by atoms with van der Waals surface area (Å²) in [5.41, 5.74) is 0. The maximum Gasteiger partial charge on any atom is 0.472 e. The lowest BCUT2D eigenvalue weighted by Crippen LogP contribution is -2.47. The van der Waals surface area contributed by atoms with Gasteiger partial charge in [-0.1, -0.05) is 307 Å². The summed E-state index contributed by atoms with van der Waals surface area (Å²) in [5.74, 6) is -0.498. The van der Waals surface area contributed by atoms with E-state index in [0.29, 0.717) is 23.9 Å². The molecule has 0 bridgehead atoms. The molecule has 1 amide bonds. The van der Waals surface area contributed by atoms with Crippen LogP contribution in [0.15, 0.2) is 60.8 Å². The predicted molar refractivity (Wildman–Crippen MR) is 355 cm³/mol. The van der Waals surface area contributed by atoms with Gasteiger partial charge in [0.2, 0.25) is 5.91 Å². The number of esters is 1. The zero-order valence-electron chi connectivity index (χ0n) is 55.0. The minimum absolute atomic E-state index is 0.0394. The van der Waals surface area contributed by atoms with Gasteiger partial charge >= 0.3 is 13.8 Å². The van der Waals surface area contributed by atoms with Gasteiger partial charge in [-0.25, -0.2) is 4.57 Å². The van der Waals surface area contributed by atoms with Gasteiger partial charge in [0, 0.05) is 12.8 Å². The molecule has 0 radical (unpaired) electrons. The zero-order chi connectivity index (χ0) is 60.0. The summed E-state index contributed by atoms with van der Waals surface area (Å²) in [6.07, 6.45) is 79.4. The highest BCUT2D eigenvalue weighted by Crippen LogP contribution is 2.43. The fourth-order valence-electron chi connectivity index (χ4n) is 10.3. The minimum atomic E-state index is -4.45. The van der Waals surface area contributed by atoms with Gasteiger partial charge in [0.15, 0.2) is 0 Å². The third-order valence-corrected chi connectivity index (χ3v) is 16.7. The van der Waals surface area contributed by atoms with E-state index in [0.717, 1.165) is 89.9 Å². The Morgan fingerprint density at radius 2 is 0.744 bits per heavy atom. The Morgan fingerprint density at radius 1 is 0.427 bits per heavy atom. The van der Waals surface area contributed by atoms with Crippen LogP contribution in [0.5, 0.6) is 0 Å². The van der Waals surface area contributed by atoms with Crippen LogP contribution in [0, 0.1) is 0 Å². The van der Waals surface area contributed by atoms with Gasteiger partial charge in [0.05, 0.1) is 33.8 Å². The van der Waals surface area contributed by atoms with Crippen LogP contribution in [0.2, 0.25) is 0 Å². The van der Waals surface area contributed by atoms with E-state index in [1.165, 1.54) is 212 Å². The normalized spacial score (nSPS) is 13.9. The molecule has 10 heteroatoms. The van der Waals surface area contributed by atoms with E-state index in [1.54, 1.807) is 0 Å². The van der Waals surface area contributed by atoms with E-state index >= 15 is 0 Å². The van der Waals surface area contributed by atoms with Crippen molar-refractivity contribution < 1.29 is 37.3 Å². The molecule has 0 aliphatic heterocycles. The number of unbranched alkanes of at least 4 members (excludes halogenated alkanes) is 40. The number of carbonyl (C=O) groups excluding carboxylic acids is 2. The van der Waals surface area contributed by atoms with Crippen LogP contribution in [-0.2, 0) is 27.9 Å². The largest absolute Gasteiger partial charge is 0.472 e. The number of allylic oxidation sites excluding steroid dienone is 9. The lowest BCUT2D eigenvalue weighted by molar-refractivity contribution is -0.870. The van der Waals surface area contributed by atoms with Gasteiger partial charge in [-0.2, -0.15) is 0 Å². The fourth-order valence-corrected chi connectivity index (χ4v) is 11.0. The number of phosphoric acid groups is 1. The average molecular weight is 1170 g/mol. The van der Waals surface area contributed by atoms with Crippen molar-refractivity contribution in [2.75, 3.05) is 40.9 Å². The summed E-state index contributed by atoms with van der Waals surface area (Å²) >= 11 is 0. The zero-order valence-corrected chi connectivity index (χ0v) is 55.9. The highest BCUT2D eigenvalue weighted by Gasteiger charge is 2.30. The van der Waals surface area contributed by atoms with E-state index in [1.807, 2.05) is 33.3 Å². The monoisotopic (exact) mass is 1170 g/mol. The van der Waals surface area contributed by atoms with Crippen LogP contribution in [0.1, 0.15) is 335 Å². The molecule has 3 atom stereocenters. The van der Waals surface area contributed by atoms with Crippen molar-refractivity contribution in [1.82, 2.24) is 5.32 Å².